The summed E-state index contributed by atoms with van der Waals surface area (Å²) in [6.45, 7) is 3.93. The molecule has 1 aliphatic rings. The SMILES string of the molecule is CNC(=O)c1cccc(-c2cnc(NC(=O)[C@H](C)NC)c(=O)n2Cc2cc(C(=O)c3ccc(F)cc3)cc(N3CCOCC3)c2)c1. The van der Waals surface area contributed by atoms with Crippen LogP contribution in [-0.4, -0.2) is 73.6 Å². The topological polar surface area (TPSA) is 135 Å². The molecular formula is C34H35FN6O5. The van der Waals surface area contributed by atoms with E-state index in [1.54, 1.807) is 50.4 Å². The van der Waals surface area contributed by atoms with Crippen LogP contribution in [0.1, 0.15) is 38.8 Å². The Kier molecular flexibility index (Phi) is 9.99. The van der Waals surface area contributed by atoms with E-state index in [0.29, 0.717) is 59.8 Å². The number of nitrogens with one attached hydrogen (secondary N) is 3. The van der Waals surface area contributed by atoms with Crippen molar-refractivity contribution in [2.75, 3.05) is 50.6 Å². The van der Waals surface area contributed by atoms with E-state index < -0.39 is 23.3 Å². The van der Waals surface area contributed by atoms with Crippen molar-refractivity contribution in [3.05, 3.63) is 111 Å². The molecule has 238 valence electrons. The van der Waals surface area contributed by atoms with Crippen molar-refractivity contribution in [2.45, 2.75) is 19.5 Å². The monoisotopic (exact) mass is 626 g/mol. The first-order valence-corrected chi connectivity index (χ1v) is 14.9. The van der Waals surface area contributed by atoms with Crippen molar-refractivity contribution < 1.29 is 23.5 Å². The molecular weight excluding hydrogens is 591 g/mol. The third kappa shape index (κ3) is 7.19. The highest BCUT2D eigenvalue weighted by molar-refractivity contribution is 6.09. The fourth-order valence-electron chi connectivity index (χ4n) is 5.13. The van der Waals surface area contributed by atoms with Gasteiger partial charge in [0.2, 0.25) is 5.91 Å². The summed E-state index contributed by atoms with van der Waals surface area (Å²) in [7, 11) is 3.16. The van der Waals surface area contributed by atoms with Crippen molar-refractivity contribution >= 4 is 29.1 Å². The van der Waals surface area contributed by atoms with Gasteiger partial charge in [0.15, 0.2) is 11.6 Å². The Hall–Kier alpha value is -5.20. The van der Waals surface area contributed by atoms with E-state index in [2.05, 4.69) is 25.8 Å². The highest BCUT2D eigenvalue weighted by Crippen LogP contribution is 2.26. The zero-order chi connectivity index (χ0) is 32.8. The van der Waals surface area contributed by atoms with Crippen LogP contribution < -0.4 is 26.4 Å². The summed E-state index contributed by atoms with van der Waals surface area (Å²) in [5.74, 6) is -1.64. The van der Waals surface area contributed by atoms with Crippen molar-refractivity contribution in [1.82, 2.24) is 20.2 Å². The minimum Gasteiger partial charge on any atom is -0.378 e. The molecule has 0 aliphatic carbocycles. The smallest absolute Gasteiger partial charge is 0.294 e. The van der Waals surface area contributed by atoms with Crippen molar-refractivity contribution in [1.29, 1.82) is 0 Å². The number of ether oxygens (including phenoxy) is 1. The summed E-state index contributed by atoms with van der Waals surface area (Å²) in [5.41, 5.74) is 2.87. The molecule has 1 saturated heterocycles. The molecule has 0 saturated carbocycles. The average molecular weight is 627 g/mol. The number of carbonyl (C=O) groups excluding carboxylic acids is 3. The Morgan fingerprint density at radius 1 is 0.957 bits per heavy atom. The molecule has 12 heteroatoms. The van der Waals surface area contributed by atoms with Crippen LogP contribution in [0.15, 0.2) is 77.7 Å². The highest BCUT2D eigenvalue weighted by atomic mass is 19.1. The highest BCUT2D eigenvalue weighted by Gasteiger charge is 2.21. The van der Waals surface area contributed by atoms with Crippen LogP contribution in [0.2, 0.25) is 0 Å². The van der Waals surface area contributed by atoms with E-state index in [-0.39, 0.29) is 24.1 Å². The Morgan fingerprint density at radius 2 is 1.70 bits per heavy atom. The summed E-state index contributed by atoms with van der Waals surface area (Å²) < 4.78 is 20.6. The Bertz CT molecular complexity index is 1820. The Balaban J connectivity index is 1.64. The molecule has 5 rings (SSSR count). The predicted octanol–water partition coefficient (Wildman–Crippen LogP) is 3.07. The van der Waals surface area contributed by atoms with E-state index in [4.69, 9.17) is 4.74 Å². The maximum Gasteiger partial charge on any atom is 0.294 e. The molecule has 0 unspecified atom stereocenters. The van der Waals surface area contributed by atoms with Gasteiger partial charge in [0.05, 0.1) is 37.7 Å². The average Bonchev–Trinajstić information content (AvgIpc) is 3.09. The maximum absolute atomic E-state index is 14.0. The molecule has 2 heterocycles. The van der Waals surface area contributed by atoms with Gasteiger partial charge in [-0.15, -0.1) is 0 Å². The fourth-order valence-corrected chi connectivity index (χ4v) is 5.13. The molecule has 1 atom stereocenters. The predicted molar refractivity (Wildman–Crippen MR) is 173 cm³/mol. The number of aromatic nitrogens is 2. The first-order valence-electron chi connectivity index (χ1n) is 14.9. The quantitative estimate of drug-likeness (QED) is 0.229. The van der Waals surface area contributed by atoms with E-state index in [1.807, 2.05) is 6.07 Å². The minimum atomic E-state index is -0.580. The number of ketones is 1. The van der Waals surface area contributed by atoms with Gasteiger partial charge >= 0.3 is 0 Å². The van der Waals surface area contributed by atoms with Gasteiger partial charge < -0.3 is 25.6 Å². The van der Waals surface area contributed by atoms with E-state index in [9.17, 15) is 23.6 Å². The summed E-state index contributed by atoms with van der Waals surface area (Å²) in [5, 5.41) is 8.04. The van der Waals surface area contributed by atoms with E-state index >= 15 is 0 Å². The van der Waals surface area contributed by atoms with Crippen LogP contribution in [0, 0.1) is 5.82 Å². The third-order valence-electron chi connectivity index (χ3n) is 7.83. The Labute approximate surface area is 265 Å². The van der Waals surface area contributed by atoms with Gasteiger partial charge in [-0.05, 0) is 74.1 Å². The number of likely N-dealkylation sites (N-methyl/N-ethyl adjacent to an activating group) is 1. The van der Waals surface area contributed by atoms with Crippen LogP contribution in [-0.2, 0) is 16.1 Å². The molecule has 46 heavy (non-hydrogen) atoms. The lowest BCUT2D eigenvalue weighted by molar-refractivity contribution is -0.117. The number of halogens is 1. The molecule has 11 nitrogen and oxygen atoms in total. The number of amides is 2. The number of nitrogens with zero attached hydrogens (tertiary/aromatic N) is 3. The fraction of sp³-hybridized carbons (Fsp3) is 0.265. The first-order chi connectivity index (χ1) is 22.2. The lowest BCUT2D eigenvalue weighted by Gasteiger charge is -2.29. The second-order valence-electron chi connectivity index (χ2n) is 10.9. The van der Waals surface area contributed by atoms with E-state index in [0.717, 1.165) is 5.69 Å². The second kappa shape index (κ2) is 14.3. The molecule has 4 aromatic rings. The molecule has 0 spiro atoms. The van der Waals surface area contributed by atoms with Crippen LogP contribution in [0.4, 0.5) is 15.9 Å². The second-order valence-corrected chi connectivity index (χ2v) is 10.9. The zero-order valence-electron chi connectivity index (χ0n) is 25.8. The van der Waals surface area contributed by atoms with Gasteiger partial charge in [-0.1, -0.05) is 12.1 Å². The number of anilines is 2. The van der Waals surface area contributed by atoms with Crippen LogP contribution >= 0.6 is 0 Å². The standard InChI is InChI=1S/C34H35FN6O5/c1-21(36-2)32(43)39-31-34(45)41(29(19-38-31)24-5-4-6-25(17-24)33(44)37-3)20-22-15-26(30(42)23-7-9-27(35)10-8-23)18-28(16-22)40-11-13-46-14-12-40/h4-10,15-19,21,36H,11-14,20H2,1-3H3,(H,37,44)(H,38,39,43)/t21-/m0/s1. The number of rotatable bonds is 10. The number of morpholine rings is 1. The van der Waals surface area contributed by atoms with Crippen molar-refractivity contribution in [2.24, 2.45) is 0 Å². The molecule has 2 amide bonds. The summed E-state index contributed by atoms with van der Waals surface area (Å²) in [6.07, 6.45) is 1.47. The maximum atomic E-state index is 14.0. The number of carbonyl (C=O) groups is 3. The molecule has 1 aliphatic heterocycles. The number of benzene rings is 3. The van der Waals surface area contributed by atoms with Crippen molar-refractivity contribution in [3.8, 4) is 11.3 Å². The van der Waals surface area contributed by atoms with Crippen molar-refractivity contribution in [3.63, 3.8) is 0 Å². The number of hydrogen-bond acceptors (Lipinski definition) is 8. The lowest BCUT2D eigenvalue weighted by atomic mass is 9.99. The first kappa shape index (κ1) is 32.2. The van der Waals surface area contributed by atoms with Gasteiger partial charge in [-0.3, -0.25) is 23.7 Å². The normalized spacial score (nSPS) is 13.6. The molecule has 1 fully saturated rings. The van der Waals surface area contributed by atoms with Crippen LogP contribution in [0.5, 0.6) is 0 Å². The largest absolute Gasteiger partial charge is 0.378 e. The van der Waals surface area contributed by atoms with Gasteiger partial charge in [-0.25, -0.2) is 9.37 Å². The summed E-state index contributed by atoms with van der Waals surface area (Å²) in [6, 6.07) is 16.9. The van der Waals surface area contributed by atoms with E-state index in [1.165, 1.54) is 42.1 Å². The summed E-state index contributed by atoms with van der Waals surface area (Å²) >= 11 is 0. The van der Waals surface area contributed by atoms with Gasteiger partial charge in [-0.2, -0.15) is 0 Å². The zero-order valence-corrected chi connectivity index (χ0v) is 25.8. The van der Waals surface area contributed by atoms with Gasteiger partial charge in [0.1, 0.15) is 5.82 Å². The van der Waals surface area contributed by atoms with Gasteiger partial charge in [0, 0.05) is 48.1 Å². The Morgan fingerprint density at radius 3 is 2.39 bits per heavy atom. The van der Waals surface area contributed by atoms with Crippen LogP contribution in [0.25, 0.3) is 11.3 Å². The third-order valence-corrected chi connectivity index (χ3v) is 7.83. The van der Waals surface area contributed by atoms with Gasteiger partial charge in [0.25, 0.3) is 11.5 Å². The molecule has 1 aromatic heterocycles. The molecule has 0 radical (unpaired) electrons. The molecule has 3 N–H and O–H groups in total. The molecule has 3 aromatic carbocycles. The summed E-state index contributed by atoms with van der Waals surface area (Å²) in [4.78, 5) is 59.1. The molecule has 0 bridgehead atoms. The number of hydrogen-bond donors (Lipinski definition) is 3. The minimum absolute atomic E-state index is 0.00716. The lowest BCUT2D eigenvalue weighted by Crippen LogP contribution is -2.38. The van der Waals surface area contributed by atoms with Crippen LogP contribution in [0.3, 0.4) is 0 Å².